The molecule has 2 aromatic carbocycles. The normalized spacial score (nSPS) is 11.7. The molecule has 138 valence electrons. The van der Waals surface area contributed by atoms with Gasteiger partial charge in [0.25, 0.3) is 5.91 Å². The molecule has 0 bridgehead atoms. The average Bonchev–Trinajstić information content (AvgIpc) is 2.53. The number of aryl methyl sites for hydroxylation is 3. The number of carbonyl (C=O) groups is 1. The zero-order valence-corrected chi connectivity index (χ0v) is 16.3. The first-order valence-corrected chi connectivity index (χ1v) is 9.71. The van der Waals surface area contributed by atoms with Crippen LogP contribution in [0, 0.1) is 20.8 Å². The number of amides is 1. The molecule has 6 nitrogen and oxygen atoms in total. The van der Waals surface area contributed by atoms with Crippen LogP contribution in [0.25, 0.3) is 0 Å². The highest BCUT2D eigenvalue weighted by molar-refractivity contribution is 7.89. The van der Waals surface area contributed by atoms with Crippen molar-refractivity contribution in [1.82, 2.24) is 10.1 Å². The van der Waals surface area contributed by atoms with Gasteiger partial charge in [-0.05, 0) is 38.0 Å². The highest BCUT2D eigenvalue weighted by Gasteiger charge is 2.20. The Bertz CT molecular complexity index is 933. The number of carbonyl (C=O) groups excluding carboxylic acids is 1. The molecule has 0 radical (unpaired) electrons. The fraction of sp³-hybridized carbons (Fsp3) is 0.222. The summed E-state index contributed by atoms with van der Waals surface area (Å²) in [4.78, 5) is 12.0. The van der Waals surface area contributed by atoms with Gasteiger partial charge in [0.2, 0.25) is 10.0 Å². The average molecular weight is 394 g/mol. The van der Waals surface area contributed by atoms with E-state index in [-0.39, 0.29) is 4.90 Å². The van der Waals surface area contributed by atoms with Crippen LogP contribution >= 0.6 is 11.6 Å². The Hall–Kier alpha value is -2.22. The molecule has 2 rings (SSSR count). The third-order valence-electron chi connectivity index (χ3n) is 3.59. The highest BCUT2D eigenvalue weighted by Crippen LogP contribution is 2.21. The number of hydrogen-bond donors (Lipinski definition) is 2. The van der Waals surface area contributed by atoms with E-state index < -0.39 is 22.5 Å². The summed E-state index contributed by atoms with van der Waals surface area (Å²) in [7, 11) is -3.80. The van der Waals surface area contributed by atoms with Gasteiger partial charge in [-0.15, -0.1) is 0 Å². The molecule has 0 fully saturated rings. The van der Waals surface area contributed by atoms with Crippen molar-refractivity contribution < 1.29 is 13.2 Å². The van der Waals surface area contributed by atoms with E-state index in [4.69, 9.17) is 11.6 Å². The maximum Gasteiger partial charge on any atom is 0.255 e. The zero-order valence-electron chi connectivity index (χ0n) is 14.7. The number of rotatable bonds is 6. The van der Waals surface area contributed by atoms with Crippen LogP contribution in [-0.2, 0) is 14.8 Å². The quantitative estimate of drug-likeness (QED) is 0.584. The van der Waals surface area contributed by atoms with E-state index >= 15 is 0 Å². The monoisotopic (exact) mass is 393 g/mol. The molecule has 0 saturated heterocycles. The summed E-state index contributed by atoms with van der Waals surface area (Å²) >= 11 is 5.97. The number of sulfonamides is 1. The van der Waals surface area contributed by atoms with E-state index in [0.717, 1.165) is 5.56 Å². The second-order valence-corrected chi connectivity index (χ2v) is 7.98. The molecular formula is C18H20ClN3O3S. The molecule has 1 amide bonds. The summed E-state index contributed by atoms with van der Waals surface area (Å²) in [6, 6.07) is 10.6. The molecule has 0 aliphatic rings. The molecule has 0 atom stereocenters. The standard InChI is InChI=1S/C18H20ClN3O3S/c1-12-8-13(2)18(14(3)9-12)26(24,25)21-11-17(23)22-20-10-15-6-4-5-7-16(15)19/h4-10,21H,11H2,1-3H3,(H,22,23)/b20-10-. The van der Waals surface area contributed by atoms with Crippen LogP contribution in [0.4, 0.5) is 0 Å². The lowest BCUT2D eigenvalue weighted by Crippen LogP contribution is -2.35. The van der Waals surface area contributed by atoms with Crippen LogP contribution in [0.5, 0.6) is 0 Å². The predicted molar refractivity (Wildman–Crippen MR) is 103 cm³/mol. The first-order valence-electron chi connectivity index (χ1n) is 7.84. The predicted octanol–water partition coefficient (Wildman–Crippen LogP) is 2.69. The van der Waals surface area contributed by atoms with Crippen LogP contribution in [0.2, 0.25) is 5.02 Å². The summed E-state index contributed by atoms with van der Waals surface area (Å²) in [6.45, 7) is 4.92. The number of halogens is 1. The summed E-state index contributed by atoms with van der Waals surface area (Å²) in [5.41, 5.74) is 5.15. The first-order chi connectivity index (χ1) is 12.2. The van der Waals surface area contributed by atoms with Gasteiger partial charge in [-0.1, -0.05) is 47.5 Å². The van der Waals surface area contributed by atoms with Gasteiger partial charge in [-0.25, -0.2) is 18.6 Å². The molecule has 0 saturated carbocycles. The largest absolute Gasteiger partial charge is 0.272 e. The Morgan fingerprint density at radius 3 is 2.38 bits per heavy atom. The molecule has 26 heavy (non-hydrogen) atoms. The van der Waals surface area contributed by atoms with Crippen molar-refractivity contribution in [2.24, 2.45) is 5.10 Å². The van der Waals surface area contributed by atoms with Gasteiger partial charge < -0.3 is 0 Å². The van der Waals surface area contributed by atoms with Gasteiger partial charge in [0.15, 0.2) is 0 Å². The maximum atomic E-state index is 12.5. The molecule has 0 unspecified atom stereocenters. The fourth-order valence-corrected chi connectivity index (χ4v) is 4.23. The molecule has 0 aromatic heterocycles. The Balaban J connectivity index is 2.00. The van der Waals surface area contributed by atoms with Crippen molar-refractivity contribution >= 4 is 33.7 Å². The lowest BCUT2D eigenvalue weighted by Gasteiger charge is -2.12. The summed E-state index contributed by atoms with van der Waals surface area (Å²) in [6.07, 6.45) is 1.39. The maximum absolute atomic E-state index is 12.5. The van der Waals surface area contributed by atoms with Crippen molar-refractivity contribution in [3.8, 4) is 0 Å². The van der Waals surface area contributed by atoms with Gasteiger partial charge in [-0.3, -0.25) is 4.79 Å². The summed E-state index contributed by atoms with van der Waals surface area (Å²) in [5.74, 6) is -0.584. The van der Waals surface area contributed by atoms with Crippen molar-refractivity contribution in [2.75, 3.05) is 6.54 Å². The summed E-state index contributed by atoms with van der Waals surface area (Å²) < 4.78 is 27.3. The summed E-state index contributed by atoms with van der Waals surface area (Å²) in [5, 5.41) is 4.28. The highest BCUT2D eigenvalue weighted by atomic mass is 35.5. The lowest BCUT2D eigenvalue weighted by molar-refractivity contribution is -0.119. The SMILES string of the molecule is Cc1cc(C)c(S(=O)(=O)NCC(=O)N/N=C\c2ccccc2Cl)c(C)c1. The van der Waals surface area contributed by atoms with Crippen LogP contribution in [0.1, 0.15) is 22.3 Å². The second-order valence-electron chi connectivity index (χ2n) is 5.87. The topological polar surface area (TPSA) is 87.6 Å². The number of hydrazone groups is 1. The lowest BCUT2D eigenvalue weighted by atomic mass is 10.1. The van der Waals surface area contributed by atoms with E-state index in [1.54, 1.807) is 50.2 Å². The smallest absolute Gasteiger partial charge is 0.255 e. The van der Waals surface area contributed by atoms with Gasteiger partial charge in [0.05, 0.1) is 17.7 Å². The fourth-order valence-electron chi connectivity index (χ4n) is 2.62. The van der Waals surface area contributed by atoms with Crippen molar-refractivity contribution in [3.63, 3.8) is 0 Å². The molecule has 2 aromatic rings. The number of nitrogens with zero attached hydrogens (tertiary/aromatic N) is 1. The molecular weight excluding hydrogens is 374 g/mol. The van der Waals surface area contributed by atoms with Crippen molar-refractivity contribution in [3.05, 3.63) is 63.7 Å². The van der Waals surface area contributed by atoms with Crippen LogP contribution in [0.3, 0.4) is 0 Å². The first kappa shape index (κ1) is 20.1. The Kier molecular flexibility index (Phi) is 6.52. The number of benzene rings is 2. The second kappa shape index (κ2) is 8.44. The van der Waals surface area contributed by atoms with E-state index in [1.165, 1.54) is 6.21 Å². The van der Waals surface area contributed by atoms with Crippen LogP contribution in [0.15, 0.2) is 46.4 Å². The minimum Gasteiger partial charge on any atom is -0.272 e. The third-order valence-corrected chi connectivity index (χ3v) is 5.64. The number of hydrogen-bond acceptors (Lipinski definition) is 4. The Labute approximate surface area is 158 Å². The Morgan fingerprint density at radius 2 is 1.77 bits per heavy atom. The molecule has 0 aliphatic carbocycles. The minimum absolute atomic E-state index is 0.190. The van der Waals surface area contributed by atoms with E-state index in [1.807, 2.05) is 6.92 Å². The molecule has 0 aliphatic heterocycles. The van der Waals surface area contributed by atoms with Crippen molar-refractivity contribution in [1.29, 1.82) is 0 Å². The Morgan fingerprint density at radius 1 is 1.15 bits per heavy atom. The molecule has 2 N–H and O–H groups in total. The van der Waals surface area contributed by atoms with Gasteiger partial charge in [-0.2, -0.15) is 5.10 Å². The third kappa shape index (κ3) is 5.14. The van der Waals surface area contributed by atoms with Gasteiger partial charge in [0.1, 0.15) is 0 Å². The molecule has 0 spiro atoms. The van der Waals surface area contributed by atoms with Gasteiger partial charge in [0, 0.05) is 10.6 Å². The van der Waals surface area contributed by atoms with Gasteiger partial charge >= 0.3 is 0 Å². The number of nitrogens with one attached hydrogen (secondary N) is 2. The van der Waals surface area contributed by atoms with E-state index in [9.17, 15) is 13.2 Å². The van der Waals surface area contributed by atoms with E-state index in [0.29, 0.717) is 21.7 Å². The van der Waals surface area contributed by atoms with Crippen LogP contribution < -0.4 is 10.1 Å². The molecule has 8 heteroatoms. The van der Waals surface area contributed by atoms with Crippen LogP contribution in [-0.4, -0.2) is 27.1 Å². The molecule has 0 heterocycles. The minimum atomic E-state index is -3.80. The van der Waals surface area contributed by atoms with E-state index in [2.05, 4.69) is 15.2 Å². The van der Waals surface area contributed by atoms with Crippen molar-refractivity contribution in [2.45, 2.75) is 25.7 Å². The zero-order chi connectivity index (χ0) is 19.3.